The highest BCUT2D eigenvalue weighted by Crippen LogP contribution is 2.49. The van der Waals surface area contributed by atoms with Crippen LogP contribution < -0.4 is 5.32 Å². The second-order valence-electron chi connectivity index (χ2n) is 7.82. The van der Waals surface area contributed by atoms with Crippen LogP contribution in [0.5, 0.6) is 0 Å². The summed E-state index contributed by atoms with van der Waals surface area (Å²) in [7, 11) is 0. The quantitative estimate of drug-likeness (QED) is 0.778. The number of nitrogens with zero attached hydrogens (tertiary/aromatic N) is 2. The van der Waals surface area contributed by atoms with E-state index in [1.54, 1.807) is 4.90 Å². The van der Waals surface area contributed by atoms with Gasteiger partial charge in [-0.15, -0.1) is 0 Å². The lowest BCUT2D eigenvalue weighted by Gasteiger charge is -2.29. The van der Waals surface area contributed by atoms with Crippen molar-refractivity contribution >= 4 is 17.8 Å². The van der Waals surface area contributed by atoms with Gasteiger partial charge < -0.3 is 10.2 Å². The van der Waals surface area contributed by atoms with Crippen LogP contribution in [-0.4, -0.2) is 52.8 Å². The Morgan fingerprint density at radius 2 is 2.00 bits per heavy atom. The Balaban J connectivity index is 1.31. The largest absolute Gasteiger partial charge is 0.352 e. The first-order valence-electron chi connectivity index (χ1n) is 8.93. The normalized spacial score (nSPS) is 34.4. The minimum Gasteiger partial charge on any atom is -0.352 e. The molecule has 3 aliphatic carbocycles. The predicted molar refractivity (Wildman–Crippen MR) is 83.4 cm³/mol. The van der Waals surface area contributed by atoms with Crippen molar-refractivity contribution in [2.24, 2.45) is 17.8 Å². The molecule has 1 aliphatic heterocycles. The van der Waals surface area contributed by atoms with Gasteiger partial charge in [-0.1, -0.05) is 6.42 Å². The average Bonchev–Trinajstić information content (AvgIpc) is 3.03. The van der Waals surface area contributed by atoms with Gasteiger partial charge in [0, 0.05) is 12.1 Å². The maximum atomic E-state index is 12.3. The SMILES string of the molecule is CC(NC(=O)CN1C(=O)CN(C2CC2)C1=O)C1CC2CCC1C2. The van der Waals surface area contributed by atoms with Crippen LogP contribution >= 0.6 is 0 Å². The summed E-state index contributed by atoms with van der Waals surface area (Å²) in [5.41, 5.74) is 0. The highest BCUT2D eigenvalue weighted by Gasteiger charge is 2.45. The summed E-state index contributed by atoms with van der Waals surface area (Å²) < 4.78 is 0. The third-order valence-corrected chi connectivity index (χ3v) is 6.20. The molecule has 4 atom stereocenters. The maximum absolute atomic E-state index is 12.3. The van der Waals surface area contributed by atoms with Crippen LogP contribution in [0.25, 0.3) is 0 Å². The number of amides is 4. The Bertz CT molecular complexity index is 545. The number of hydrogen-bond acceptors (Lipinski definition) is 3. The molecule has 4 fully saturated rings. The van der Waals surface area contributed by atoms with Gasteiger partial charge in [0.05, 0.1) is 0 Å². The number of carbonyl (C=O) groups excluding carboxylic acids is 3. The highest BCUT2D eigenvalue weighted by molar-refractivity contribution is 6.04. The van der Waals surface area contributed by atoms with Crippen LogP contribution in [0.15, 0.2) is 0 Å². The average molecular weight is 319 g/mol. The van der Waals surface area contributed by atoms with Gasteiger partial charge in [0.25, 0.3) is 5.91 Å². The van der Waals surface area contributed by atoms with E-state index in [0.717, 1.165) is 29.6 Å². The van der Waals surface area contributed by atoms with Crippen molar-refractivity contribution in [1.82, 2.24) is 15.1 Å². The van der Waals surface area contributed by atoms with E-state index in [1.165, 1.54) is 25.7 Å². The number of urea groups is 1. The van der Waals surface area contributed by atoms with Gasteiger partial charge in [-0.2, -0.15) is 0 Å². The first kappa shape index (κ1) is 15.0. The fraction of sp³-hybridized carbons (Fsp3) is 0.824. The van der Waals surface area contributed by atoms with Gasteiger partial charge in [-0.05, 0) is 56.8 Å². The van der Waals surface area contributed by atoms with Crippen molar-refractivity contribution in [1.29, 1.82) is 0 Å². The molecule has 126 valence electrons. The zero-order chi connectivity index (χ0) is 16.1. The first-order chi connectivity index (χ1) is 11.0. The van der Waals surface area contributed by atoms with Gasteiger partial charge in [0.1, 0.15) is 13.1 Å². The molecule has 0 aromatic carbocycles. The highest BCUT2D eigenvalue weighted by atomic mass is 16.2. The molecule has 2 bridgehead atoms. The minimum absolute atomic E-state index is 0.130. The molecule has 4 unspecified atom stereocenters. The van der Waals surface area contributed by atoms with E-state index in [9.17, 15) is 14.4 Å². The van der Waals surface area contributed by atoms with E-state index in [0.29, 0.717) is 5.92 Å². The Morgan fingerprint density at radius 3 is 2.61 bits per heavy atom. The molecule has 4 rings (SSSR count). The van der Waals surface area contributed by atoms with Gasteiger partial charge in [0.2, 0.25) is 5.91 Å². The van der Waals surface area contributed by atoms with Crippen molar-refractivity contribution in [2.45, 2.75) is 57.5 Å². The van der Waals surface area contributed by atoms with Crippen LogP contribution in [-0.2, 0) is 9.59 Å². The summed E-state index contributed by atoms with van der Waals surface area (Å²) in [5.74, 6) is 1.70. The van der Waals surface area contributed by atoms with Gasteiger partial charge in [0.15, 0.2) is 0 Å². The molecule has 4 aliphatic rings. The Hall–Kier alpha value is -1.59. The molecular weight excluding hydrogens is 294 g/mol. The topological polar surface area (TPSA) is 69.7 Å². The van der Waals surface area contributed by atoms with E-state index in [4.69, 9.17) is 0 Å². The third-order valence-electron chi connectivity index (χ3n) is 6.20. The molecule has 6 nitrogen and oxygen atoms in total. The van der Waals surface area contributed by atoms with Gasteiger partial charge in [-0.25, -0.2) is 4.79 Å². The van der Waals surface area contributed by atoms with Crippen LogP contribution in [0.4, 0.5) is 4.79 Å². The number of hydrogen-bond donors (Lipinski definition) is 1. The molecular formula is C17H25N3O3. The van der Waals surface area contributed by atoms with Crippen LogP contribution in [0.3, 0.4) is 0 Å². The van der Waals surface area contributed by atoms with E-state index >= 15 is 0 Å². The van der Waals surface area contributed by atoms with Crippen molar-refractivity contribution in [3.05, 3.63) is 0 Å². The molecule has 1 saturated heterocycles. The van der Waals surface area contributed by atoms with Crippen molar-refractivity contribution in [3.63, 3.8) is 0 Å². The Kier molecular flexibility index (Phi) is 3.58. The molecule has 1 N–H and O–H groups in total. The second-order valence-corrected chi connectivity index (χ2v) is 7.82. The molecule has 0 aromatic rings. The number of nitrogens with one attached hydrogen (secondary N) is 1. The van der Waals surface area contributed by atoms with Gasteiger partial charge >= 0.3 is 6.03 Å². The molecule has 6 heteroatoms. The smallest absolute Gasteiger partial charge is 0.327 e. The van der Waals surface area contributed by atoms with Gasteiger partial charge in [-0.3, -0.25) is 14.5 Å². The van der Waals surface area contributed by atoms with Crippen molar-refractivity contribution < 1.29 is 14.4 Å². The summed E-state index contributed by atoms with van der Waals surface area (Å²) in [6.07, 6.45) is 7.10. The summed E-state index contributed by atoms with van der Waals surface area (Å²) in [5, 5.41) is 3.03. The fourth-order valence-electron chi connectivity index (χ4n) is 4.84. The number of carbonyl (C=O) groups is 3. The zero-order valence-electron chi connectivity index (χ0n) is 13.7. The van der Waals surface area contributed by atoms with E-state index < -0.39 is 0 Å². The molecule has 4 amide bonds. The number of fused-ring (bicyclic) bond motifs is 2. The fourth-order valence-corrected chi connectivity index (χ4v) is 4.84. The van der Waals surface area contributed by atoms with Crippen LogP contribution in [0, 0.1) is 17.8 Å². The van der Waals surface area contributed by atoms with Crippen molar-refractivity contribution in [2.75, 3.05) is 13.1 Å². The predicted octanol–water partition coefficient (Wildman–Crippen LogP) is 1.35. The summed E-state index contributed by atoms with van der Waals surface area (Å²) >= 11 is 0. The standard InChI is InChI=1S/C17H25N3O3/c1-10(14-7-11-2-3-12(14)6-11)18-15(21)8-20-16(22)9-19(17(20)23)13-4-5-13/h10-14H,2-9H2,1H3,(H,18,21). The molecule has 1 heterocycles. The lowest BCUT2D eigenvalue weighted by molar-refractivity contribution is -0.131. The van der Waals surface area contributed by atoms with E-state index in [1.807, 2.05) is 0 Å². The summed E-state index contributed by atoms with van der Waals surface area (Å²) in [4.78, 5) is 39.2. The maximum Gasteiger partial charge on any atom is 0.327 e. The van der Waals surface area contributed by atoms with E-state index in [2.05, 4.69) is 12.2 Å². The molecule has 3 saturated carbocycles. The molecule has 0 spiro atoms. The number of imide groups is 1. The molecule has 0 radical (unpaired) electrons. The second kappa shape index (κ2) is 5.49. The number of rotatable bonds is 5. The summed E-state index contributed by atoms with van der Waals surface area (Å²) in [6.45, 7) is 2.07. The third kappa shape index (κ3) is 2.72. The Morgan fingerprint density at radius 1 is 1.22 bits per heavy atom. The zero-order valence-corrected chi connectivity index (χ0v) is 13.7. The molecule has 23 heavy (non-hydrogen) atoms. The minimum atomic E-state index is -0.291. The van der Waals surface area contributed by atoms with Crippen LogP contribution in [0.1, 0.15) is 45.4 Å². The first-order valence-corrected chi connectivity index (χ1v) is 8.93. The lowest BCUT2D eigenvalue weighted by atomic mass is 9.84. The Labute approximate surface area is 136 Å². The van der Waals surface area contributed by atoms with Crippen molar-refractivity contribution in [3.8, 4) is 0 Å². The lowest BCUT2D eigenvalue weighted by Crippen LogP contribution is -2.46. The monoisotopic (exact) mass is 319 g/mol. The van der Waals surface area contributed by atoms with Crippen LogP contribution in [0.2, 0.25) is 0 Å². The molecule has 0 aromatic heterocycles. The van der Waals surface area contributed by atoms with E-state index in [-0.39, 0.29) is 43.0 Å². The summed E-state index contributed by atoms with van der Waals surface area (Å²) in [6, 6.07) is 0.0536.